The number of aromatic amines is 1. The van der Waals surface area contributed by atoms with E-state index < -0.39 is 0 Å². The van der Waals surface area contributed by atoms with E-state index in [2.05, 4.69) is 19.9 Å². The average molecular weight is 336 g/mol. The lowest BCUT2D eigenvalue weighted by molar-refractivity contribution is 0.100. The van der Waals surface area contributed by atoms with E-state index in [1.807, 2.05) is 42.5 Å². The van der Waals surface area contributed by atoms with Crippen LogP contribution in [0.4, 0.5) is 5.69 Å². The molecule has 0 saturated carbocycles. The van der Waals surface area contributed by atoms with Crippen molar-refractivity contribution < 1.29 is 4.79 Å². The molecule has 1 amide bonds. The van der Waals surface area contributed by atoms with E-state index in [9.17, 15) is 4.79 Å². The van der Waals surface area contributed by atoms with E-state index in [0.717, 1.165) is 35.0 Å². The molecule has 0 bridgehead atoms. The molecule has 0 radical (unpaired) electrons. The molecule has 1 saturated heterocycles. The Labute approximate surface area is 143 Å². The van der Waals surface area contributed by atoms with Gasteiger partial charge in [-0.2, -0.15) is 4.99 Å². The standard InChI is InChI=1S/C18H16N4OS/c23-17(15-12-20-16-14(15)8-4-9-19-16)21-18-22(10-5-11-24-18)13-6-2-1-3-7-13/h1-4,6-9,12H,5,10-11H2,(H,19,20). The van der Waals surface area contributed by atoms with Crippen molar-refractivity contribution in [1.29, 1.82) is 0 Å². The number of amides is 1. The fourth-order valence-electron chi connectivity index (χ4n) is 2.78. The van der Waals surface area contributed by atoms with Crippen molar-refractivity contribution in [2.75, 3.05) is 17.2 Å². The number of H-pyrrole nitrogens is 1. The molecular weight excluding hydrogens is 320 g/mol. The maximum Gasteiger partial charge on any atom is 0.281 e. The van der Waals surface area contributed by atoms with E-state index in [4.69, 9.17) is 0 Å². The zero-order chi connectivity index (χ0) is 16.4. The third-order valence-electron chi connectivity index (χ3n) is 3.93. The van der Waals surface area contributed by atoms with E-state index in [1.54, 1.807) is 24.2 Å². The number of fused-ring (bicyclic) bond motifs is 1. The Balaban J connectivity index is 1.68. The van der Waals surface area contributed by atoms with Crippen molar-refractivity contribution in [2.45, 2.75) is 6.42 Å². The predicted molar refractivity (Wildman–Crippen MR) is 98.7 cm³/mol. The number of anilines is 1. The highest BCUT2D eigenvalue weighted by Crippen LogP contribution is 2.25. The third-order valence-corrected chi connectivity index (χ3v) is 5.00. The van der Waals surface area contributed by atoms with Crippen LogP contribution in [0.3, 0.4) is 0 Å². The number of carbonyl (C=O) groups is 1. The SMILES string of the molecule is O=C(N=C1SCCCN1c1ccccc1)c1c[nH]c2ncccc12. The summed E-state index contributed by atoms with van der Waals surface area (Å²) in [4.78, 5) is 26.5. The molecule has 3 heterocycles. The maximum atomic E-state index is 12.7. The molecule has 4 rings (SSSR count). The second-order valence-corrected chi connectivity index (χ2v) is 6.55. The molecule has 1 aliphatic heterocycles. The molecule has 120 valence electrons. The molecule has 3 aromatic rings. The summed E-state index contributed by atoms with van der Waals surface area (Å²) in [5.41, 5.74) is 2.33. The first kappa shape index (κ1) is 15.0. The van der Waals surface area contributed by atoms with Crippen LogP contribution in [0, 0.1) is 0 Å². The number of benzene rings is 1. The topological polar surface area (TPSA) is 61.4 Å². The van der Waals surface area contributed by atoms with Gasteiger partial charge in [-0.1, -0.05) is 30.0 Å². The molecule has 0 aliphatic carbocycles. The van der Waals surface area contributed by atoms with Gasteiger partial charge in [0.05, 0.1) is 5.56 Å². The second-order valence-electron chi connectivity index (χ2n) is 5.49. The van der Waals surface area contributed by atoms with Gasteiger partial charge in [-0.25, -0.2) is 4.98 Å². The Bertz CT molecular complexity index is 904. The van der Waals surface area contributed by atoms with Gasteiger partial charge in [0.25, 0.3) is 5.91 Å². The molecule has 6 heteroatoms. The summed E-state index contributed by atoms with van der Waals surface area (Å²) in [7, 11) is 0. The number of thioether (sulfide) groups is 1. The lowest BCUT2D eigenvalue weighted by Crippen LogP contribution is -2.34. The van der Waals surface area contributed by atoms with E-state index in [-0.39, 0.29) is 5.91 Å². The Morgan fingerprint density at radius 3 is 2.96 bits per heavy atom. The zero-order valence-corrected chi connectivity index (χ0v) is 13.8. The Morgan fingerprint density at radius 2 is 2.08 bits per heavy atom. The summed E-state index contributed by atoms with van der Waals surface area (Å²) in [5, 5.41) is 1.56. The molecule has 1 aromatic carbocycles. The minimum absolute atomic E-state index is 0.236. The Morgan fingerprint density at radius 1 is 1.21 bits per heavy atom. The van der Waals surface area contributed by atoms with Crippen LogP contribution in [0.1, 0.15) is 16.8 Å². The number of carbonyl (C=O) groups excluding carboxylic acids is 1. The first-order valence-corrected chi connectivity index (χ1v) is 8.82. The van der Waals surface area contributed by atoms with Crippen LogP contribution in [-0.4, -0.2) is 33.3 Å². The van der Waals surface area contributed by atoms with Gasteiger partial charge < -0.3 is 9.88 Å². The summed E-state index contributed by atoms with van der Waals surface area (Å²) < 4.78 is 0. The first-order valence-electron chi connectivity index (χ1n) is 7.83. The molecule has 1 fully saturated rings. The Hall–Kier alpha value is -2.60. The van der Waals surface area contributed by atoms with Crippen molar-refractivity contribution in [2.24, 2.45) is 4.99 Å². The predicted octanol–water partition coefficient (Wildman–Crippen LogP) is 3.70. The number of para-hydroxylation sites is 1. The number of nitrogens with one attached hydrogen (secondary N) is 1. The average Bonchev–Trinajstić information content (AvgIpc) is 3.07. The molecule has 5 nitrogen and oxygen atoms in total. The summed E-state index contributed by atoms with van der Waals surface area (Å²) >= 11 is 1.63. The molecule has 2 aromatic heterocycles. The lowest BCUT2D eigenvalue weighted by Gasteiger charge is -2.29. The van der Waals surface area contributed by atoms with Gasteiger partial charge in [0.1, 0.15) is 5.65 Å². The zero-order valence-electron chi connectivity index (χ0n) is 13.0. The van der Waals surface area contributed by atoms with Crippen LogP contribution in [0.2, 0.25) is 0 Å². The molecule has 0 unspecified atom stereocenters. The van der Waals surface area contributed by atoms with Gasteiger partial charge in [0, 0.05) is 35.8 Å². The van der Waals surface area contributed by atoms with E-state index in [1.165, 1.54) is 0 Å². The Kier molecular flexibility index (Phi) is 4.04. The molecule has 1 aliphatic rings. The van der Waals surface area contributed by atoms with Crippen LogP contribution in [0.5, 0.6) is 0 Å². The minimum Gasteiger partial charge on any atom is -0.345 e. The highest BCUT2D eigenvalue weighted by Gasteiger charge is 2.21. The second kappa shape index (κ2) is 6.49. The molecular formula is C18H16N4OS. The molecule has 0 atom stereocenters. The number of aromatic nitrogens is 2. The fraction of sp³-hybridized carbons (Fsp3) is 0.167. The van der Waals surface area contributed by atoms with Crippen molar-refractivity contribution in [3.05, 3.63) is 60.4 Å². The number of rotatable bonds is 2. The van der Waals surface area contributed by atoms with Gasteiger partial charge in [0.15, 0.2) is 5.17 Å². The molecule has 1 N–H and O–H groups in total. The van der Waals surface area contributed by atoms with Gasteiger partial charge in [-0.3, -0.25) is 4.79 Å². The number of pyridine rings is 1. The molecule has 24 heavy (non-hydrogen) atoms. The van der Waals surface area contributed by atoms with E-state index >= 15 is 0 Å². The quantitative estimate of drug-likeness (QED) is 0.775. The van der Waals surface area contributed by atoms with Crippen LogP contribution in [-0.2, 0) is 0 Å². The minimum atomic E-state index is -0.236. The smallest absolute Gasteiger partial charge is 0.281 e. The normalized spacial score (nSPS) is 16.7. The van der Waals surface area contributed by atoms with Gasteiger partial charge in [0.2, 0.25) is 0 Å². The molecule has 0 spiro atoms. The number of amidine groups is 1. The largest absolute Gasteiger partial charge is 0.345 e. The van der Waals surface area contributed by atoms with E-state index in [0.29, 0.717) is 11.2 Å². The summed E-state index contributed by atoms with van der Waals surface area (Å²) in [6, 6.07) is 13.8. The van der Waals surface area contributed by atoms with Crippen molar-refractivity contribution in [3.8, 4) is 0 Å². The van der Waals surface area contributed by atoms with Crippen LogP contribution < -0.4 is 4.90 Å². The first-order chi connectivity index (χ1) is 11.8. The van der Waals surface area contributed by atoms with Gasteiger partial charge in [-0.15, -0.1) is 0 Å². The highest BCUT2D eigenvalue weighted by molar-refractivity contribution is 8.14. The fourth-order valence-corrected chi connectivity index (χ4v) is 3.74. The number of aliphatic imine (C=N–C) groups is 1. The van der Waals surface area contributed by atoms with Gasteiger partial charge in [-0.05, 0) is 30.7 Å². The van der Waals surface area contributed by atoms with Crippen LogP contribution in [0.25, 0.3) is 11.0 Å². The third kappa shape index (κ3) is 2.80. The van der Waals surface area contributed by atoms with Crippen molar-refractivity contribution in [3.63, 3.8) is 0 Å². The number of hydrogen-bond donors (Lipinski definition) is 1. The van der Waals surface area contributed by atoms with Crippen LogP contribution >= 0.6 is 11.8 Å². The van der Waals surface area contributed by atoms with Gasteiger partial charge >= 0.3 is 0 Å². The summed E-state index contributed by atoms with van der Waals surface area (Å²) in [6.07, 6.45) is 4.46. The van der Waals surface area contributed by atoms with Crippen molar-refractivity contribution >= 4 is 39.6 Å². The monoisotopic (exact) mass is 336 g/mol. The number of hydrogen-bond acceptors (Lipinski definition) is 3. The summed E-state index contributed by atoms with van der Waals surface area (Å²) in [5.74, 6) is 0.741. The maximum absolute atomic E-state index is 12.7. The van der Waals surface area contributed by atoms with Crippen LogP contribution in [0.15, 0.2) is 59.9 Å². The lowest BCUT2D eigenvalue weighted by atomic mass is 10.2. The van der Waals surface area contributed by atoms with Crippen molar-refractivity contribution in [1.82, 2.24) is 9.97 Å². The number of nitrogens with zero attached hydrogens (tertiary/aromatic N) is 3. The highest BCUT2D eigenvalue weighted by atomic mass is 32.2. The summed E-state index contributed by atoms with van der Waals surface area (Å²) in [6.45, 7) is 0.874.